The van der Waals surface area contributed by atoms with Gasteiger partial charge in [0.25, 0.3) is 0 Å². The van der Waals surface area contributed by atoms with Crippen molar-refractivity contribution in [1.82, 2.24) is 10.2 Å². The molecule has 1 N–H and O–H groups in total. The minimum Gasteiger partial charge on any atom is -0.489 e. The van der Waals surface area contributed by atoms with Gasteiger partial charge in [0.1, 0.15) is 12.4 Å². The molecule has 1 saturated heterocycles. The molecular weight excluding hydrogens is 324 g/mol. The molecule has 140 valence electrons. The van der Waals surface area contributed by atoms with Crippen molar-refractivity contribution in [1.29, 1.82) is 0 Å². The van der Waals surface area contributed by atoms with E-state index in [0.717, 1.165) is 51.7 Å². The highest BCUT2D eigenvalue weighted by atomic mass is 16.5. The van der Waals surface area contributed by atoms with E-state index in [4.69, 9.17) is 9.47 Å². The Morgan fingerprint density at radius 3 is 2.77 bits per heavy atom. The Hall–Kier alpha value is -1.88. The fourth-order valence-electron chi connectivity index (χ4n) is 3.16. The van der Waals surface area contributed by atoms with Gasteiger partial charge in [-0.05, 0) is 55.3 Å². The van der Waals surface area contributed by atoms with Gasteiger partial charge in [-0.2, -0.15) is 0 Å². The molecule has 1 aliphatic rings. The second kappa shape index (κ2) is 10.3. The van der Waals surface area contributed by atoms with E-state index in [2.05, 4.69) is 59.6 Å². The molecule has 26 heavy (non-hydrogen) atoms. The van der Waals surface area contributed by atoms with Crippen molar-refractivity contribution < 1.29 is 9.47 Å². The first-order valence-electron chi connectivity index (χ1n) is 9.58. The first-order valence-corrected chi connectivity index (χ1v) is 9.58. The predicted octanol–water partition coefficient (Wildman–Crippen LogP) is 3.39. The fourth-order valence-corrected chi connectivity index (χ4v) is 3.16. The summed E-state index contributed by atoms with van der Waals surface area (Å²) in [6, 6.07) is 16.7. The summed E-state index contributed by atoms with van der Waals surface area (Å²) in [5, 5.41) is 3.54. The molecule has 1 fully saturated rings. The molecular formula is C22H30N2O2. The van der Waals surface area contributed by atoms with Crippen LogP contribution in [0.2, 0.25) is 0 Å². The number of hydrogen-bond donors (Lipinski definition) is 1. The van der Waals surface area contributed by atoms with Crippen LogP contribution in [0, 0.1) is 6.92 Å². The van der Waals surface area contributed by atoms with Gasteiger partial charge in [0, 0.05) is 19.6 Å². The van der Waals surface area contributed by atoms with Gasteiger partial charge in [-0.25, -0.2) is 0 Å². The van der Waals surface area contributed by atoms with Crippen LogP contribution in [-0.2, 0) is 17.9 Å². The second-order valence-electron chi connectivity index (χ2n) is 6.85. The Kier molecular flexibility index (Phi) is 7.50. The van der Waals surface area contributed by atoms with Crippen LogP contribution in [0.3, 0.4) is 0 Å². The van der Waals surface area contributed by atoms with Crippen LogP contribution < -0.4 is 10.1 Å². The van der Waals surface area contributed by atoms with E-state index in [1.807, 2.05) is 6.07 Å². The van der Waals surface area contributed by atoms with Crippen LogP contribution in [0.4, 0.5) is 0 Å². The van der Waals surface area contributed by atoms with Crippen molar-refractivity contribution in [2.75, 3.05) is 39.4 Å². The van der Waals surface area contributed by atoms with Crippen molar-refractivity contribution in [3.05, 3.63) is 65.2 Å². The first kappa shape index (κ1) is 18.9. The van der Waals surface area contributed by atoms with Crippen molar-refractivity contribution in [2.45, 2.75) is 26.5 Å². The molecule has 0 spiro atoms. The molecule has 0 atom stereocenters. The van der Waals surface area contributed by atoms with Crippen LogP contribution in [0.15, 0.2) is 48.5 Å². The molecule has 2 aromatic rings. The van der Waals surface area contributed by atoms with E-state index in [-0.39, 0.29) is 0 Å². The van der Waals surface area contributed by atoms with Crippen molar-refractivity contribution in [3.8, 4) is 5.75 Å². The number of benzene rings is 2. The van der Waals surface area contributed by atoms with Crippen molar-refractivity contribution >= 4 is 0 Å². The van der Waals surface area contributed by atoms with E-state index in [9.17, 15) is 0 Å². The molecule has 0 aromatic heterocycles. The van der Waals surface area contributed by atoms with E-state index >= 15 is 0 Å². The highest BCUT2D eigenvalue weighted by Crippen LogP contribution is 2.16. The van der Waals surface area contributed by atoms with Crippen LogP contribution >= 0.6 is 0 Å². The number of ether oxygens (including phenoxy) is 2. The Morgan fingerprint density at radius 1 is 1.08 bits per heavy atom. The van der Waals surface area contributed by atoms with Gasteiger partial charge >= 0.3 is 0 Å². The maximum atomic E-state index is 5.97. The molecule has 1 aliphatic heterocycles. The minimum atomic E-state index is 0.614. The maximum Gasteiger partial charge on any atom is 0.120 e. The first-order chi connectivity index (χ1) is 12.8. The summed E-state index contributed by atoms with van der Waals surface area (Å²) in [6.07, 6.45) is 1.17. The smallest absolute Gasteiger partial charge is 0.120 e. The average molecular weight is 354 g/mol. The van der Waals surface area contributed by atoms with Gasteiger partial charge in [-0.1, -0.05) is 36.4 Å². The number of hydrogen-bond acceptors (Lipinski definition) is 4. The molecule has 1 heterocycles. The van der Waals surface area contributed by atoms with Gasteiger partial charge in [0.15, 0.2) is 0 Å². The molecule has 0 saturated carbocycles. The van der Waals surface area contributed by atoms with E-state index in [1.165, 1.54) is 23.1 Å². The Morgan fingerprint density at radius 2 is 1.92 bits per heavy atom. The monoisotopic (exact) mass is 354 g/mol. The Bertz CT molecular complexity index is 669. The molecule has 0 radical (unpaired) electrons. The lowest BCUT2D eigenvalue weighted by molar-refractivity contribution is 0.0374. The van der Waals surface area contributed by atoms with E-state index < -0.39 is 0 Å². The van der Waals surface area contributed by atoms with Crippen molar-refractivity contribution in [3.63, 3.8) is 0 Å². The Balaban J connectivity index is 1.37. The summed E-state index contributed by atoms with van der Waals surface area (Å²) in [6.45, 7) is 9.69. The lowest BCUT2D eigenvalue weighted by Crippen LogP contribution is -2.37. The van der Waals surface area contributed by atoms with Gasteiger partial charge in [-0.15, -0.1) is 0 Å². The average Bonchev–Trinajstić information content (AvgIpc) is 2.68. The zero-order valence-electron chi connectivity index (χ0n) is 15.7. The standard InChI is InChI=1S/C22H30N2O2/c1-19-6-2-3-8-21(19)18-26-22-9-4-7-20(16-22)17-23-10-5-11-24-12-14-25-15-13-24/h2-4,6-9,16,23H,5,10-15,17-18H2,1H3. The third-order valence-electron chi connectivity index (χ3n) is 4.81. The molecule has 0 unspecified atom stereocenters. The number of rotatable bonds is 9. The zero-order valence-corrected chi connectivity index (χ0v) is 15.7. The minimum absolute atomic E-state index is 0.614. The van der Waals surface area contributed by atoms with E-state index in [1.54, 1.807) is 0 Å². The number of nitrogens with zero attached hydrogens (tertiary/aromatic N) is 1. The molecule has 0 amide bonds. The van der Waals surface area contributed by atoms with Crippen LogP contribution in [0.1, 0.15) is 23.1 Å². The van der Waals surface area contributed by atoms with Crippen LogP contribution in [0.25, 0.3) is 0 Å². The largest absolute Gasteiger partial charge is 0.489 e. The van der Waals surface area contributed by atoms with Gasteiger partial charge in [0.2, 0.25) is 0 Å². The summed E-state index contributed by atoms with van der Waals surface area (Å²) in [7, 11) is 0. The quantitative estimate of drug-likeness (QED) is 0.700. The molecule has 4 nitrogen and oxygen atoms in total. The van der Waals surface area contributed by atoms with Crippen LogP contribution in [0.5, 0.6) is 5.75 Å². The van der Waals surface area contributed by atoms with Gasteiger partial charge in [-0.3, -0.25) is 4.90 Å². The summed E-state index contributed by atoms with van der Waals surface area (Å²) in [5.41, 5.74) is 3.77. The third kappa shape index (κ3) is 6.13. The normalized spacial score (nSPS) is 15.1. The highest BCUT2D eigenvalue weighted by molar-refractivity contribution is 5.30. The van der Waals surface area contributed by atoms with Crippen LogP contribution in [-0.4, -0.2) is 44.3 Å². The third-order valence-corrected chi connectivity index (χ3v) is 4.81. The molecule has 3 rings (SSSR count). The second-order valence-corrected chi connectivity index (χ2v) is 6.85. The number of morpholine rings is 1. The van der Waals surface area contributed by atoms with Gasteiger partial charge < -0.3 is 14.8 Å². The number of aryl methyl sites for hydroxylation is 1. The Labute approximate surface area is 157 Å². The van der Waals surface area contributed by atoms with Gasteiger partial charge in [0.05, 0.1) is 13.2 Å². The highest BCUT2D eigenvalue weighted by Gasteiger charge is 2.08. The SMILES string of the molecule is Cc1ccccc1COc1cccc(CNCCCN2CCOCC2)c1. The predicted molar refractivity (Wildman–Crippen MR) is 106 cm³/mol. The van der Waals surface area contributed by atoms with E-state index in [0.29, 0.717) is 6.61 Å². The lowest BCUT2D eigenvalue weighted by Gasteiger charge is -2.26. The molecule has 2 aromatic carbocycles. The zero-order chi connectivity index (χ0) is 18.0. The molecule has 4 heteroatoms. The topological polar surface area (TPSA) is 33.7 Å². The summed E-state index contributed by atoms with van der Waals surface area (Å²) in [4.78, 5) is 2.48. The maximum absolute atomic E-state index is 5.97. The molecule has 0 aliphatic carbocycles. The molecule has 0 bridgehead atoms. The number of nitrogens with one attached hydrogen (secondary N) is 1. The van der Waals surface area contributed by atoms with Crippen molar-refractivity contribution in [2.24, 2.45) is 0 Å². The summed E-state index contributed by atoms with van der Waals surface area (Å²) in [5.74, 6) is 0.931. The fraction of sp³-hybridized carbons (Fsp3) is 0.455. The summed E-state index contributed by atoms with van der Waals surface area (Å²) >= 11 is 0. The summed E-state index contributed by atoms with van der Waals surface area (Å²) < 4.78 is 11.4. The lowest BCUT2D eigenvalue weighted by atomic mass is 10.1.